The molecule has 10 heteroatoms. The van der Waals surface area contributed by atoms with Crippen LogP contribution in [0.1, 0.15) is 56.4 Å². The molecule has 2 aromatic heterocycles. The van der Waals surface area contributed by atoms with Crippen LogP contribution in [-0.4, -0.2) is 83.7 Å². The maximum atomic E-state index is 12.7. The molecule has 1 amide bonds. The van der Waals surface area contributed by atoms with Gasteiger partial charge in [-0.3, -0.25) is 4.79 Å². The molecule has 2 aliphatic heterocycles. The molecule has 2 N–H and O–H groups in total. The summed E-state index contributed by atoms with van der Waals surface area (Å²) in [5, 5.41) is 5.32. The number of carbonyl (C=O) groups is 1. The lowest BCUT2D eigenvalue weighted by atomic mass is 10.0. The number of fused-ring (bicyclic) bond motifs is 1. The number of rotatable bonds is 7. The van der Waals surface area contributed by atoms with Crippen LogP contribution in [0.3, 0.4) is 0 Å². The fourth-order valence-corrected chi connectivity index (χ4v) is 4.27. The lowest BCUT2D eigenvalue weighted by Gasteiger charge is -2.33. The standard InChI is InChI=1S/C22H29F3N6O.C3H8/c23-22(24,25)15-26-20-6-5-17-18(29-20)3-4-19(28-17)21(32)27-16-7-11-31(12-8-16)14-13-30-9-1-2-10-30;1-3-2/h3-6,16H,1-2,7-15H2,(H,26,29)(H,27,32);3H2,1-2H3. The van der Waals surface area contributed by atoms with Gasteiger partial charge >= 0.3 is 6.18 Å². The van der Waals surface area contributed by atoms with E-state index in [1.165, 1.54) is 38.4 Å². The molecule has 2 saturated heterocycles. The average molecular weight is 495 g/mol. The smallest absolute Gasteiger partial charge is 0.361 e. The van der Waals surface area contributed by atoms with Crippen molar-refractivity contribution in [2.75, 3.05) is 51.1 Å². The molecule has 35 heavy (non-hydrogen) atoms. The van der Waals surface area contributed by atoms with Gasteiger partial charge in [0.25, 0.3) is 5.91 Å². The van der Waals surface area contributed by atoms with Crippen molar-refractivity contribution < 1.29 is 18.0 Å². The molecule has 7 nitrogen and oxygen atoms in total. The van der Waals surface area contributed by atoms with Crippen LogP contribution in [0, 0.1) is 0 Å². The van der Waals surface area contributed by atoms with E-state index in [0.29, 0.717) is 11.0 Å². The zero-order valence-corrected chi connectivity index (χ0v) is 20.7. The van der Waals surface area contributed by atoms with Gasteiger partial charge in [-0.2, -0.15) is 13.2 Å². The lowest BCUT2D eigenvalue weighted by Crippen LogP contribution is -2.46. The topological polar surface area (TPSA) is 73.4 Å². The Balaban J connectivity index is 0.00000108. The molecular formula is C25H37F3N6O. The number of aromatic nitrogens is 2. The van der Waals surface area contributed by atoms with Crippen molar-refractivity contribution in [3.05, 3.63) is 30.0 Å². The lowest BCUT2D eigenvalue weighted by molar-refractivity contribution is -0.115. The van der Waals surface area contributed by atoms with Gasteiger partial charge in [-0.25, -0.2) is 9.97 Å². The molecule has 0 spiro atoms. The molecule has 2 aliphatic rings. The van der Waals surface area contributed by atoms with E-state index < -0.39 is 12.7 Å². The van der Waals surface area contributed by atoms with Crippen LogP contribution in [0.2, 0.25) is 0 Å². The van der Waals surface area contributed by atoms with Gasteiger partial charge in [0.2, 0.25) is 0 Å². The van der Waals surface area contributed by atoms with E-state index in [0.717, 1.165) is 39.0 Å². The first-order valence-electron chi connectivity index (χ1n) is 12.6. The van der Waals surface area contributed by atoms with Gasteiger partial charge in [-0.15, -0.1) is 0 Å². The second-order valence-electron chi connectivity index (χ2n) is 9.25. The summed E-state index contributed by atoms with van der Waals surface area (Å²) in [6.07, 6.45) is 1.37. The molecule has 0 bridgehead atoms. The number of hydrogen-bond donors (Lipinski definition) is 2. The van der Waals surface area contributed by atoms with Gasteiger partial charge < -0.3 is 20.4 Å². The molecule has 0 aliphatic carbocycles. The van der Waals surface area contributed by atoms with Crippen molar-refractivity contribution in [3.63, 3.8) is 0 Å². The number of piperidine rings is 1. The Morgan fingerprint density at radius 2 is 1.51 bits per heavy atom. The third-order valence-electron chi connectivity index (χ3n) is 6.10. The molecule has 0 atom stereocenters. The van der Waals surface area contributed by atoms with E-state index in [4.69, 9.17) is 0 Å². The monoisotopic (exact) mass is 494 g/mol. The summed E-state index contributed by atoms with van der Waals surface area (Å²) < 4.78 is 37.1. The number of carbonyl (C=O) groups excluding carboxylic acids is 1. The van der Waals surface area contributed by atoms with Gasteiger partial charge in [-0.05, 0) is 63.0 Å². The number of nitrogens with one attached hydrogen (secondary N) is 2. The average Bonchev–Trinajstić information content (AvgIpc) is 3.36. The zero-order chi connectivity index (χ0) is 25.3. The second-order valence-corrected chi connectivity index (χ2v) is 9.25. The highest BCUT2D eigenvalue weighted by atomic mass is 19.4. The number of amides is 1. The number of alkyl halides is 3. The van der Waals surface area contributed by atoms with Crippen molar-refractivity contribution >= 4 is 22.8 Å². The van der Waals surface area contributed by atoms with E-state index >= 15 is 0 Å². The SMILES string of the molecule is CCC.O=C(NC1CCN(CCN2CCCC2)CC1)c1ccc2nc(NCC(F)(F)F)ccc2n1. The quantitative estimate of drug-likeness (QED) is 0.598. The zero-order valence-electron chi connectivity index (χ0n) is 20.7. The summed E-state index contributed by atoms with van der Waals surface area (Å²) in [5.74, 6) is -0.119. The number of likely N-dealkylation sites (tertiary alicyclic amines) is 2. The molecular weight excluding hydrogens is 457 g/mol. The molecule has 4 rings (SSSR count). The number of nitrogens with zero attached hydrogens (tertiary/aromatic N) is 4. The summed E-state index contributed by atoms with van der Waals surface area (Å²) in [4.78, 5) is 26.1. The molecule has 2 fully saturated rings. The number of hydrogen-bond acceptors (Lipinski definition) is 6. The first kappa shape index (κ1) is 27.1. The summed E-state index contributed by atoms with van der Waals surface area (Å²) in [6.45, 7) is 9.68. The first-order valence-corrected chi connectivity index (χ1v) is 12.6. The van der Waals surface area contributed by atoms with E-state index in [9.17, 15) is 18.0 Å². The summed E-state index contributed by atoms with van der Waals surface area (Å²) in [7, 11) is 0. The van der Waals surface area contributed by atoms with E-state index in [-0.39, 0.29) is 23.5 Å². The highest BCUT2D eigenvalue weighted by Crippen LogP contribution is 2.18. The van der Waals surface area contributed by atoms with Gasteiger partial charge in [0.1, 0.15) is 18.1 Å². The molecule has 0 unspecified atom stereocenters. The van der Waals surface area contributed by atoms with Crippen LogP contribution in [-0.2, 0) is 0 Å². The summed E-state index contributed by atoms with van der Waals surface area (Å²) >= 11 is 0. The Kier molecular flexibility index (Phi) is 10.1. The van der Waals surface area contributed by atoms with Crippen molar-refractivity contribution in [3.8, 4) is 0 Å². The number of anilines is 1. The van der Waals surface area contributed by atoms with Crippen molar-refractivity contribution in [1.82, 2.24) is 25.1 Å². The second kappa shape index (κ2) is 13.0. The van der Waals surface area contributed by atoms with Crippen molar-refractivity contribution in [2.45, 2.75) is 58.2 Å². The minimum absolute atomic E-state index is 0.116. The fourth-order valence-electron chi connectivity index (χ4n) is 4.27. The normalized spacial score (nSPS) is 17.7. The van der Waals surface area contributed by atoms with Crippen LogP contribution in [0.15, 0.2) is 24.3 Å². The molecule has 2 aromatic rings. The van der Waals surface area contributed by atoms with Crippen LogP contribution in [0.4, 0.5) is 19.0 Å². The van der Waals surface area contributed by atoms with Crippen molar-refractivity contribution in [2.24, 2.45) is 0 Å². The predicted octanol–water partition coefficient (Wildman–Crippen LogP) is 4.31. The summed E-state index contributed by atoms with van der Waals surface area (Å²) in [5.41, 5.74) is 1.18. The molecule has 194 valence electrons. The molecule has 0 saturated carbocycles. The van der Waals surface area contributed by atoms with Crippen LogP contribution >= 0.6 is 0 Å². The van der Waals surface area contributed by atoms with Crippen LogP contribution in [0.25, 0.3) is 11.0 Å². The molecule has 4 heterocycles. The van der Waals surface area contributed by atoms with Gasteiger partial charge in [0, 0.05) is 32.2 Å². The largest absolute Gasteiger partial charge is 0.405 e. The minimum Gasteiger partial charge on any atom is -0.361 e. The number of pyridine rings is 2. The summed E-state index contributed by atoms with van der Waals surface area (Å²) in [6, 6.07) is 6.28. The predicted molar refractivity (Wildman–Crippen MR) is 133 cm³/mol. The van der Waals surface area contributed by atoms with Crippen LogP contribution < -0.4 is 10.6 Å². The van der Waals surface area contributed by atoms with E-state index in [1.54, 1.807) is 18.2 Å². The Labute approximate surface area is 205 Å². The van der Waals surface area contributed by atoms with E-state index in [2.05, 4.69) is 44.2 Å². The minimum atomic E-state index is -4.32. The maximum Gasteiger partial charge on any atom is 0.405 e. The number of halogens is 3. The third kappa shape index (κ3) is 8.92. The maximum absolute atomic E-state index is 12.7. The first-order chi connectivity index (χ1) is 16.8. The Morgan fingerprint density at radius 1 is 0.943 bits per heavy atom. The Hall–Kier alpha value is -2.46. The van der Waals surface area contributed by atoms with Gasteiger partial charge in [0.15, 0.2) is 0 Å². The molecule has 0 radical (unpaired) electrons. The Bertz CT molecular complexity index is 940. The molecule has 0 aromatic carbocycles. The fraction of sp³-hybridized carbons (Fsp3) is 0.640. The highest BCUT2D eigenvalue weighted by Gasteiger charge is 2.27. The van der Waals surface area contributed by atoms with Gasteiger partial charge in [0.05, 0.1) is 11.0 Å². The third-order valence-corrected chi connectivity index (χ3v) is 6.10. The highest BCUT2D eigenvalue weighted by molar-refractivity contribution is 5.94. The van der Waals surface area contributed by atoms with Crippen LogP contribution in [0.5, 0.6) is 0 Å². The van der Waals surface area contributed by atoms with Gasteiger partial charge in [-0.1, -0.05) is 20.3 Å². The van der Waals surface area contributed by atoms with Crippen molar-refractivity contribution in [1.29, 1.82) is 0 Å². The Morgan fingerprint density at radius 3 is 2.14 bits per heavy atom. The van der Waals surface area contributed by atoms with E-state index in [1.807, 2.05) is 0 Å².